The maximum atomic E-state index is 12.4. The summed E-state index contributed by atoms with van der Waals surface area (Å²) >= 11 is 6.61. The van der Waals surface area contributed by atoms with Crippen molar-refractivity contribution < 1.29 is 23.2 Å². The molecule has 0 aliphatic carbocycles. The number of hydrogen-bond donors (Lipinski definition) is 1. The highest BCUT2D eigenvalue weighted by molar-refractivity contribution is 7.00. The lowest BCUT2D eigenvalue weighted by atomic mass is 10.1. The molecule has 0 radical (unpaired) electrons. The number of nitro benzene ring substituents is 1. The number of alkyl halides is 2. The molecule has 8 nitrogen and oxygen atoms in total. The molecule has 0 aliphatic heterocycles. The summed E-state index contributed by atoms with van der Waals surface area (Å²) in [6.45, 7) is -3.04. The molecule has 0 bridgehead atoms. The third kappa shape index (κ3) is 3.68. The summed E-state index contributed by atoms with van der Waals surface area (Å²) in [5, 5.41) is 13.5. The summed E-state index contributed by atoms with van der Waals surface area (Å²) in [6, 6.07) is 6.12. The van der Waals surface area contributed by atoms with E-state index >= 15 is 0 Å². The van der Waals surface area contributed by atoms with E-state index in [-0.39, 0.29) is 38.7 Å². The van der Waals surface area contributed by atoms with Gasteiger partial charge in [0.05, 0.1) is 21.7 Å². The van der Waals surface area contributed by atoms with Gasteiger partial charge in [-0.25, -0.2) is 0 Å². The van der Waals surface area contributed by atoms with Gasteiger partial charge in [-0.3, -0.25) is 14.9 Å². The van der Waals surface area contributed by atoms with Gasteiger partial charge in [-0.2, -0.15) is 17.5 Å². The van der Waals surface area contributed by atoms with Gasteiger partial charge in [-0.05, 0) is 24.3 Å². The Balaban J connectivity index is 1.87. The highest BCUT2D eigenvalue weighted by Gasteiger charge is 2.20. The van der Waals surface area contributed by atoms with Crippen LogP contribution in [0.15, 0.2) is 30.3 Å². The van der Waals surface area contributed by atoms with E-state index in [2.05, 4.69) is 18.8 Å². The average Bonchev–Trinajstić information content (AvgIpc) is 3.04. The molecule has 0 aliphatic rings. The first-order valence-corrected chi connectivity index (χ1v) is 7.92. The molecule has 0 atom stereocenters. The number of rotatable bonds is 5. The van der Waals surface area contributed by atoms with Gasteiger partial charge in [0, 0.05) is 17.3 Å². The summed E-state index contributed by atoms with van der Waals surface area (Å²) < 4.78 is 36.4. The van der Waals surface area contributed by atoms with Crippen LogP contribution in [0.4, 0.5) is 20.2 Å². The second-order valence-corrected chi connectivity index (χ2v) is 5.80. The maximum Gasteiger partial charge on any atom is 0.387 e. The summed E-state index contributed by atoms with van der Waals surface area (Å²) in [4.78, 5) is 22.8. The molecule has 1 amide bonds. The Kier molecular flexibility index (Phi) is 4.91. The van der Waals surface area contributed by atoms with Crippen LogP contribution in [0.3, 0.4) is 0 Å². The van der Waals surface area contributed by atoms with Gasteiger partial charge in [0.1, 0.15) is 11.3 Å². The molecular weight excluding hydrogens is 394 g/mol. The predicted octanol–water partition coefficient (Wildman–Crippen LogP) is 4.11. The fraction of sp³-hybridized carbons (Fsp3) is 0.0714. The Morgan fingerprint density at radius 3 is 2.73 bits per heavy atom. The smallest absolute Gasteiger partial charge is 0.387 e. The van der Waals surface area contributed by atoms with E-state index in [0.29, 0.717) is 0 Å². The van der Waals surface area contributed by atoms with Crippen LogP contribution in [-0.2, 0) is 0 Å². The van der Waals surface area contributed by atoms with Crippen molar-refractivity contribution in [1.29, 1.82) is 0 Å². The first-order chi connectivity index (χ1) is 12.3. The van der Waals surface area contributed by atoms with Gasteiger partial charge in [0.25, 0.3) is 11.6 Å². The maximum absolute atomic E-state index is 12.4. The van der Waals surface area contributed by atoms with E-state index in [1.807, 2.05) is 0 Å². The van der Waals surface area contributed by atoms with Gasteiger partial charge in [-0.1, -0.05) is 11.6 Å². The van der Waals surface area contributed by atoms with Gasteiger partial charge in [-0.15, -0.1) is 0 Å². The number of ether oxygens (including phenoxy) is 1. The van der Waals surface area contributed by atoms with Crippen LogP contribution in [0.25, 0.3) is 11.0 Å². The monoisotopic (exact) mass is 400 g/mol. The molecule has 1 N–H and O–H groups in total. The first-order valence-electron chi connectivity index (χ1n) is 6.81. The van der Waals surface area contributed by atoms with Crippen LogP contribution in [0, 0.1) is 10.1 Å². The minimum absolute atomic E-state index is 0.0130. The Hall–Kier alpha value is -2.92. The molecule has 1 aromatic heterocycles. The van der Waals surface area contributed by atoms with Crippen LogP contribution in [0.2, 0.25) is 5.02 Å². The highest BCUT2D eigenvalue weighted by Crippen LogP contribution is 2.30. The van der Waals surface area contributed by atoms with Crippen molar-refractivity contribution in [3.8, 4) is 5.75 Å². The number of hydrogen-bond acceptors (Lipinski definition) is 7. The SMILES string of the molecule is O=C(Nc1ccc(OC(F)F)c(Cl)c1)c1cc([N+](=O)[O-])c2nsnc2c1. The fourth-order valence-electron chi connectivity index (χ4n) is 2.12. The Bertz CT molecular complexity index is 1010. The zero-order valence-electron chi connectivity index (χ0n) is 12.5. The highest BCUT2D eigenvalue weighted by atomic mass is 35.5. The van der Waals surface area contributed by atoms with E-state index in [1.54, 1.807) is 0 Å². The summed E-state index contributed by atoms with van der Waals surface area (Å²) in [6.07, 6.45) is 0. The number of amides is 1. The minimum atomic E-state index is -3.04. The van der Waals surface area contributed by atoms with E-state index < -0.39 is 17.4 Å². The molecule has 26 heavy (non-hydrogen) atoms. The Labute approximate surface area is 152 Å². The average molecular weight is 401 g/mol. The second kappa shape index (κ2) is 7.14. The number of halogens is 3. The van der Waals surface area contributed by atoms with Gasteiger partial charge < -0.3 is 10.1 Å². The molecule has 12 heteroatoms. The third-order valence-corrected chi connectivity index (χ3v) is 4.04. The van der Waals surface area contributed by atoms with Crippen LogP contribution in [-0.4, -0.2) is 26.2 Å². The van der Waals surface area contributed by atoms with Crippen molar-refractivity contribution in [2.75, 3.05) is 5.32 Å². The number of non-ortho nitro benzene ring substituents is 1. The van der Waals surface area contributed by atoms with Crippen molar-refractivity contribution in [2.24, 2.45) is 0 Å². The number of nitrogens with zero attached hydrogens (tertiary/aromatic N) is 3. The number of carbonyl (C=O) groups excluding carboxylic acids is 1. The molecule has 0 fully saturated rings. The molecule has 0 saturated carbocycles. The lowest BCUT2D eigenvalue weighted by Gasteiger charge is -2.09. The zero-order valence-corrected chi connectivity index (χ0v) is 14.1. The minimum Gasteiger partial charge on any atom is -0.433 e. The molecule has 2 aromatic carbocycles. The third-order valence-electron chi connectivity index (χ3n) is 3.21. The van der Waals surface area contributed by atoms with E-state index in [0.717, 1.165) is 17.8 Å². The lowest BCUT2D eigenvalue weighted by Crippen LogP contribution is -2.12. The number of carbonyl (C=O) groups is 1. The first kappa shape index (κ1) is 17.9. The quantitative estimate of drug-likeness (QED) is 0.510. The molecule has 3 aromatic rings. The molecule has 134 valence electrons. The summed E-state index contributed by atoms with van der Waals surface area (Å²) in [5.74, 6) is -0.910. The number of nitrogens with one attached hydrogen (secondary N) is 1. The Morgan fingerprint density at radius 1 is 1.31 bits per heavy atom. The zero-order chi connectivity index (χ0) is 18.8. The van der Waals surface area contributed by atoms with Crippen LogP contribution in [0.1, 0.15) is 10.4 Å². The van der Waals surface area contributed by atoms with Crippen LogP contribution in [0.5, 0.6) is 5.75 Å². The van der Waals surface area contributed by atoms with Crippen LogP contribution >= 0.6 is 23.3 Å². The number of benzene rings is 2. The molecule has 0 unspecified atom stereocenters. The number of anilines is 1. The molecule has 3 rings (SSSR count). The van der Waals surface area contributed by atoms with Crippen molar-refractivity contribution in [1.82, 2.24) is 8.75 Å². The lowest BCUT2D eigenvalue weighted by molar-refractivity contribution is -0.383. The summed E-state index contributed by atoms with van der Waals surface area (Å²) in [7, 11) is 0. The molecular formula is C14H7ClF2N4O4S. The molecule has 0 saturated heterocycles. The van der Waals surface area contributed by atoms with Crippen molar-refractivity contribution >= 4 is 51.6 Å². The Morgan fingerprint density at radius 2 is 2.08 bits per heavy atom. The largest absolute Gasteiger partial charge is 0.433 e. The van der Waals surface area contributed by atoms with E-state index in [4.69, 9.17) is 11.6 Å². The van der Waals surface area contributed by atoms with Crippen molar-refractivity contribution in [2.45, 2.75) is 6.61 Å². The van der Waals surface area contributed by atoms with Crippen molar-refractivity contribution in [3.63, 3.8) is 0 Å². The predicted molar refractivity (Wildman–Crippen MR) is 90.1 cm³/mol. The molecule has 1 heterocycles. The standard InChI is InChI=1S/C14H7ClF2N4O4S/c15-8-5-7(1-2-11(8)25-14(16)17)18-13(22)6-3-9-12(20-26-19-9)10(4-6)21(23)24/h1-5,14H,(H,18,22). The van der Waals surface area contributed by atoms with Crippen molar-refractivity contribution in [3.05, 3.63) is 51.0 Å². The van der Waals surface area contributed by atoms with E-state index in [9.17, 15) is 23.7 Å². The summed E-state index contributed by atoms with van der Waals surface area (Å²) in [5.41, 5.74) is 0.142. The van der Waals surface area contributed by atoms with Gasteiger partial charge in [0.2, 0.25) is 0 Å². The van der Waals surface area contributed by atoms with Crippen LogP contribution < -0.4 is 10.1 Å². The molecule has 0 spiro atoms. The number of fused-ring (bicyclic) bond motifs is 1. The normalized spacial score (nSPS) is 10.9. The topological polar surface area (TPSA) is 107 Å². The fourth-order valence-corrected chi connectivity index (χ4v) is 2.88. The number of aromatic nitrogens is 2. The van der Waals surface area contributed by atoms with Gasteiger partial charge in [0.15, 0.2) is 5.52 Å². The second-order valence-electron chi connectivity index (χ2n) is 4.86. The number of nitro groups is 1. The van der Waals surface area contributed by atoms with Gasteiger partial charge >= 0.3 is 6.61 Å². The van der Waals surface area contributed by atoms with E-state index in [1.165, 1.54) is 24.3 Å².